The molecule has 0 rings (SSSR count). The average molecular weight is 244 g/mol. The summed E-state index contributed by atoms with van der Waals surface area (Å²) in [5.41, 5.74) is 0. The molecule has 3 heteroatoms. The third kappa shape index (κ3) is 13.4. The Morgan fingerprint density at radius 1 is 0.941 bits per heavy atom. The zero-order chi connectivity index (χ0) is 12.9. The quantitative estimate of drug-likeness (QED) is 0.516. The molecule has 0 amide bonds. The number of hydrogen-bond acceptors (Lipinski definition) is 2. The number of carboxylic acids is 1. The van der Waals surface area contributed by atoms with E-state index in [1.165, 1.54) is 38.5 Å². The monoisotopic (exact) mass is 244 g/mol. The molecule has 1 atom stereocenters. The van der Waals surface area contributed by atoms with Gasteiger partial charge >= 0.3 is 5.97 Å². The first kappa shape index (κ1) is 16.4. The zero-order valence-corrected chi connectivity index (χ0v) is 11.2. The number of aliphatic hydroxyl groups is 1. The van der Waals surface area contributed by atoms with Crippen LogP contribution in [0.5, 0.6) is 0 Å². The Bertz CT molecular complexity index is 180. The summed E-state index contributed by atoms with van der Waals surface area (Å²) >= 11 is 0. The standard InChI is InChI=1S/C14H28O3/c1-13(11-12-15)9-7-5-3-2-4-6-8-10-14(16)17/h13,15H,2-12H2,1H3,(H,16,17). The van der Waals surface area contributed by atoms with Crippen LogP contribution < -0.4 is 0 Å². The first-order valence-electron chi connectivity index (χ1n) is 6.99. The van der Waals surface area contributed by atoms with E-state index in [0.29, 0.717) is 18.9 Å². The predicted molar refractivity (Wildman–Crippen MR) is 70.1 cm³/mol. The molecule has 0 spiro atoms. The van der Waals surface area contributed by atoms with Gasteiger partial charge in [0.2, 0.25) is 0 Å². The normalized spacial score (nSPS) is 12.6. The van der Waals surface area contributed by atoms with Gasteiger partial charge in [0.25, 0.3) is 0 Å². The fourth-order valence-electron chi connectivity index (χ4n) is 2.02. The summed E-state index contributed by atoms with van der Waals surface area (Å²) in [7, 11) is 0. The lowest BCUT2D eigenvalue weighted by atomic mass is 9.99. The summed E-state index contributed by atoms with van der Waals surface area (Å²) in [6, 6.07) is 0. The van der Waals surface area contributed by atoms with Gasteiger partial charge in [-0.15, -0.1) is 0 Å². The topological polar surface area (TPSA) is 57.5 Å². The number of rotatable bonds is 12. The molecule has 0 aromatic carbocycles. The van der Waals surface area contributed by atoms with E-state index in [9.17, 15) is 4.79 Å². The van der Waals surface area contributed by atoms with Crippen LogP contribution in [0.25, 0.3) is 0 Å². The first-order chi connectivity index (χ1) is 8.16. The molecule has 0 aliphatic rings. The molecule has 0 saturated heterocycles. The summed E-state index contributed by atoms with van der Waals surface area (Å²) in [5.74, 6) is -0.0292. The Labute approximate surface area is 105 Å². The van der Waals surface area contributed by atoms with Crippen molar-refractivity contribution in [3.63, 3.8) is 0 Å². The van der Waals surface area contributed by atoms with Crippen molar-refractivity contribution in [2.75, 3.05) is 6.61 Å². The van der Waals surface area contributed by atoms with Crippen LogP contribution >= 0.6 is 0 Å². The fourth-order valence-corrected chi connectivity index (χ4v) is 2.02. The van der Waals surface area contributed by atoms with Gasteiger partial charge in [0, 0.05) is 13.0 Å². The van der Waals surface area contributed by atoms with E-state index in [1.807, 2.05) is 0 Å². The molecule has 102 valence electrons. The highest BCUT2D eigenvalue weighted by atomic mass is 16.4. The Kier molecular flexibility index (Phi) is 11.5. The van der Waals surface area contributed by atoms with E-state index < -0.39 is 5.97 Å². The van der Waals surface area contributed by atoms with E-state index in [0.717, 1.165) is 19.3 Å². The SMILES string of the molecule is CC(CCO)CCCCCCCCCC(=O)O. The van der Waals surface area contributed by atoms with Crippen LogP contribution in [0.4, 0.5) is 0 Å². The first-order valence-corrected chi connectivity index (χ1v) is 6.99. The molecule has 0 heterocycles. The van der Waals surface area contributed by atoms with Gasteiger partial charge in [-0.05, 0) is 18.8 Å². The lowest BCUT2D eigenvalue weighted by molar-refractivity contribution is -0.137. The van der Waals surface area contributed by atoms with Crippen LogP contribution in [0.15, 0.2) is 0 Å². The summed E-state index contributed by atoms with van der Waals surface area (Å²) < 4.78 is 0. The minimum atomic E-state index is -0.678. The van der Waals surface area contributed by atoms with Crippen molar-refractivity contribution < 1.29 is 15.0 Å². The van der Waals surface area contributed by atoms with Gasteiger partial charge in [-0.1, -0.05) is 51.9 Å². The molecule has 3 nitrogen and oxygen atoms in total. The predicted octanol–water partition coefficient (Wildman–Crippen LogP) is 3.60. The number of unbranched alkanes of at least 4 members (excludes halogenated alkanes) is 6. The van der Waals surface area contributed by atoms with Crippen LogP contribution in [-0.4, -0.2) is 22.8 Å². The minimum Gasteiger partial charge on any atom is -0.481 e. The highest BCUT2D eigenvalue weighted by molar-refractivity contribution is 5.66. The van der Waals surface area contributed by atoms with Crippen molar-refractivity contribution in [2.45, 2.75) is 71.1 Å². The Morgan fingerprint density at radius 2 is 1.47 bits per heavy atom. The Morgan fingerprint density at radius 3 is 2.00 bits per heavy atom. The third-order valence-corrected chi connectivity index (χ3v) is 3.21. The Hall–Kier alpha value is -0.570. The van der Waals surface area contributed by atoms with Crippen molar-refractivity contribution in [1.29, 1.82) is 0 Å². The van der Waals surface area contributed by atoms with Crippen molar-refractivity contribution in [3.05, 3.63) is 0 Å². The third-order valence-electron chi connectivity index (χ3n) is 3.21. The molecular weight excluding hydrogens is 216 g/mol. The van der Waals surface area contributed by atoms with Gasteiger partial charge in [-0.2, -0.15) is 0 Å². The van der Waals surface area contributed by atoms with Gasteiger partial charge in [-0.3, -0.25) is 4.79 Å². The molecule has 0 radical (unpaired) electrons. The van der Waals surface area contributed by atoms with Crippen LogP contribution in [0.3, 0.4) is 0 Å². The lowest BCUT2D eigenvalue weighted by Gasteiger charge is -2.08. The van der Waals surface area contributed by atoms with Gasteiger partial charge in [0.15, 0.2) is 0 Å². The number of hydrogen-bond donors (Lipinski definition) is 2. The van der Waals surface area contributed by atoms with Gasteiger partial charge in [0.05, 0.1) is 0 Å². The highest BCUT2D eigenvalue weighted by Crippen LogP contribution is 2.14. The molecule has 17 heavy (non-hydrogen) atoms. The second kappa shape index (κ2) is 11.9. The van der Waals surface area contributed by atoms with Crippen molar-refractivity contribution in [3.8, 4) is 0 Å². The second-order valence-electron chi connectivity index (χ2n) is 5.02. The van der Waals surface area contributed by atoms with Crippen molar-refractivity contribution >= 4 is 5.97 Å². The maximum absolute atomic E-state index is 10.3. The van der Waals surface area contributed by atoms with E-state index >= 15 is 0 Å². The molecular formula is C14H28O3. The maximum atomic E-state index is 10.3. The average Bonchev–Trinajstić information content (AvgIpc) is 2.27. The van der Waals surface area contributed by atoms with Crippen molar-refractivity contribution in [1.82, 2.24) is 0 Å². The molecule has 0 fully saturated rings. The van der Waals surface area contributed by atoms with Crippen LogP contribution in [-0.2, 0) is 4.79 Å². The maximum Gasteiger partial charge on any atom is 0.303 e. The van der Waals surface area contributed by atoms with Crippen LogP contribution in [0.2, 0.25) is 0 Å². The molecule has 2 N–H and O–H groups in total. The molecule has 1 unspecified atom stereocenters. The number of carbonyl (C=O) groups is 1. The van der Waals surface area contributed by atoms with E-state index in [2.05, 4.69) is 6.92 Å². The molecule has 0 aliphatic heterocycles. The zero-order valence-electron chi connectivity index (χ0n) is 11.2. The smallest absolute Gasteiger partial charge is 0.303 e. The molecule has 0 saturated carbocycles. The molecule has 0 aromatic heterocycles. The Balaban J connectivity index is 3.05. The van der Waals surface area contributed by atoms with Gasteiger partial charge < -0.3 is 10.2 Å². The summed E-state index contributed by atoms with van der Waals surface area (Å²) in [5, 5.41) is 17.2. The summed E-state index contributed by atoms with van der Waals surface area (Å²) in [4.78, 5) is 10.3. The van der Waals surface area contributed by atoms with E-state index in [1.54, 1.807) is 0 Å². The fraction of sp³-hybridized carbons (Fsp3) is 0.929. The molecule has 0 aromatic rings. The van der Waals surface area contributed by atoms with Crippen LogP contribution in [0, 0.1) is 5.92 Å². The largest absolute Gasteiger partial charge is 0.481 e. The van der Waals surface area contributed by atoms with Gasteiger partial charge in [-0.25, -0.2) is 0 Å². The molecule has 0 aliphatic carbocycles. The summed E-state index contributed by atoms with van der Waals surface area (Å²) in [6.45, 7) is 2.51. The van der Waals surface area contributed by atoms with Crippen LogP contribution in [0.1, 0.15) is 71.1 Å². The van der Waals surface area contributed by atoms with Crippen molar-refractivity contribution in [2.24, 2.45) is 5.92 Å². The van der Waals surface area contributed by atoms with E-state index in [-0.39, 0.29) is 0 Å². The second-order valence-corrected chi connectivity index (χ2v) is 5.02. The van der Waals surface area contributed by atoms with E-state index in [4.69, 9.17) is 10.2 Å². The number of aliphatic carboxylic acids is 1. The number of carboxylic acid groups (broad SMARTS) is 1. The minimum absolute atomic E-state index is 0.310. The molecule has 0 bridgehead atoms. The van der Waals surface area contributed by atoms with Gasteiger partial charge in [0.1, 0.15) is 0 Å². The summed E-state index contributed by atoms with van der Waals surface area (Å²) in [6.07, 6.45) is 10.5. The lowest BCUT2D eigenvalue weighted by Crippen LogP contribution is -1.97. The number of aliphatic hydroxyl groups excluding tert-OH is 1. The highest BCUT2D eigenvalue weighted by Gasteiger charge is 2.00.